The number of piperidine rings is 2. The molecule has 2 amide bonds. The van der Waals surface area contributed by atoms with Crippen LogP contribution < -0.4 is 0 Å². The second-order valence-electron chi connectivity index (χ2n) is 7.11. The average Bonchev–Trinajstić information content (AvgIpc) is 2.37. The van der Waals surface area contributed by atoms with Crippen molar-refractivity contribution in [1.82, 2.24) is 9.80 Å². The van der Waals surface area contributed by atoms with E-state index in [9.17, 15) is 14.7 Å². The van der Waals surface area contributed by atoms with Gasteiger partial charge in [0.05, 0.1) is 0 Å². The standard InChI is InChI=1S/C15H26N2O3/c1-11-4-7-17(12(10-11)13(18)19)14(20)16-8-5-15(2,3)6-9-16/h11-12H,4-10H2,1-3H3,(H,18,19). The second-order valence-corrected chi connectivity index (χ2v) is 7.11. The normalized spacial score (nSPS) is 30.1. The number of urea groups is 1. The van der Waals surface area contributed by atoms with Crippen molar-refractivity contribution in [3.63, 3.8) is 0 Å². The van der Waals surface area contributed by atoms with Crippen molar-refractivity contribution in [3.8, 4) is 0 Å². The van der Waals surface area contributed by atoms with Gasteiger partial charge in [-0.1, -0.05) is 20.8 Å². The van der Waals surface area contributed by atoms with Gasteiger partial charge in [0.25, 0.3) is 0 Å². The fourth-order valence-corrected chi connectivity index (χ4v) is 3.09. The van der Waals surface area contributed by atoms with Gasteiger partial charge in [0.15, 0.2) is 0 Å². The van der Waals surface area contributed by atoms with Crippen molar-refractivity contribution < 1.29 is 14.7 Å². The van der Waals surface area contributed by atoms with Gasteiger partial charge in [-0.3, -0.25) is 0 Å². The van der Waals surface area contributed by atoms with Gasteiger partial charge in [0, 0.05) is 19.6 Å². The quantitative estimate of drug-likeness (QED) is 0.803. The molecule has 20 heavy (non-hydrogen) atoms. The zero-order valence-electron chi connectivity index (χ0n) is 12.8. The Hall–Kier alpha value is -1.26. The molecular weight excluding hydrogens is 256 g/mol. The summed E-state index contributed by atoms with van der Waals surface area (Å²) >= 11 is 0. The number of carboxylic acids is 1. The lowest BCUT2D eigenvalue weighted by Gasteiger charge is -2.42. The number of amides is 2. The van der Waals surface area contributed by atoms with Gasteiger partial charge < -0.3 is 14.9 Å². The topological polar surface area (TPSA) is 60.9 Å². The van der Waals surface area contributed by atoms with Crippen LogP contribution in [-0.4, -0.2) is 52.6 Å². The first kappa shape index (κ1) is 15.1. The van der Waals surface area contributed by atoms with Crippen LogP contribution in [0.5, 0.6) is 0 Å². The predicted molar refractivity (Wildman–Crippen MR) is 76.5 cm³/mol. The summed E-state index contributed by atoms with van der Waals surface area (Å²) in [5.74, 6) is -0.498. The van der Waals surface area contributed by atoms with Crippen LogP contribution in [0.1, 0.15) is 46.5 Å². The van der Waals surface area contributed by atoms with Crippen molar-refractivity contribution in [2.24, 2.45) is 11.3 Å². The molecule has 2 atom stereocenters. The fourth-order valence-electron chi connectivity index (χ4n) is 3.09. The molecule has 5 nitrogen and oxygen atoms in total. The molecule has 2 unspecified atom stereocenters. The van der Waals surface area contributed by atoms with E-state index in [1.54, 1.807) is 4.90 Å². The summed E-state index contributed by atoms with van der Waals surface area (Å²) in [6.07, 6.45) is 3.44. The van der Waals surface area contributed by atoms with Crippen LogP contribution in [0.4, 0.5) is 4.79 Å². The Morgan fingerprint density at radius 3 is 2.30 bits per heavy atom. The number of hydrogen-bond donors (Lipinski definition) is 1. The minimum Gasteiger partial charge on any atom is -0.480 e. The molecule has 2 heterocycles. The van der Waals surface area contributed by atoms with E-state index in [-0.39, 0.29) is 6.03 Å². The highest BCUT2D eigenvalue weighted by atomic mass is 16.4. The van der Waals surface area contributed by atoms with Crippen LogP contribution in [0.2, 0.25) is 0 Å². The van der Waals surface area contributed by atoms with Crippen molar-refractivity contribution in [2.45, 2.75) is 52.5 Å². The zero-order valence-corrected chi connectivity index (χ0v) is 12.8. The fraction of sp³-hybridized carbons (Fsp3) is 0.867. The van der Waals surface area contributed by atoms with Gasteiger partial charge >= 0.3 is 12.0 Å². The van der Waals surface area contributed by atoms with E-state index in [1.165, 1.54) is 0 Å². The maximum atomic E-state index is 12.6. The molecule has 2 saturated heterocycles. The number of aliphatic carboxylic acids is 1. The molecule has 2 fully saturated rings. The lowest BCUT2D eigenvalue weighted by molar-refractivity contribution is -0.144. The van der Waals surface area contributed by atoms with E-state index in [2.05, 4.69) is 20.8 Å². The van der Waals surface area contributed by atoms with E-state index in [0.717, 1.165) is 32.4 Å². The van der Waals surface area contributed by atoms with Crippen LogP contribution in [0.25, 0.3) is 0 Å². The molecule has 1 N–H and O–H groups in total. The summed E-state index contributed by atoms with van der Waals surface area (Å²) in [6.45, 7) is 8.54. The zero-order chi connectivity index (χ0) is 14.9. The summed E-state index contributed by atoms with van der Waals surface area (Å²) in [5.41, 5.74) is 0.291. The summed E-state index contributed by atoms with van der Waals surface area (Å²) in [5, 5.41) is 9.34. The Labute approximate surface area is 120 Å². The third-order valence-corrected chi connectivity index (χ3v) is 4.78. The van der Waals surface area contributed by atoms with Gasteiger partial charge in [-0.2, -0.15) is 0 Å². The molecule has 2 aliphatic rings. The monoisotopic (exact) mass is 282 g/mol. The van der Waals surface area contributed by atoms with Gasteiger partial charge in [0.1, 0.15) is 6.04 Å². The summed E-state index contributed by atoms with van der Waals surface area (Å²) < 4.78 is 0. The molecule has 0 radical (unpaired) electrons. The third-order valence-electron chi connectivity index (χ3n) is 4.78. The molecular formula is C15H26N2O3. The molecule has 5 heteroatoms. The van der Waals surface area contributed by atoms with E-state index >= 15 is 0 Å². The number of hydrogen-bond acceptors (Lipinski definition) is 2. The van der Waals surface area contributed by atoms with Gasteiger partial charge in [-0.05, 0) is 37.0 Å². The molecule has 0 aromatic heterocycles. The van der Waals surface area contributed by atoms with Crippen LogP contribution in [-0.2, 0) is 4.79 Å². The first-order chi connectivity index (χ1) is 9.30. The smallest absolute Gasteiger partial charge is 0.326 e. The van der Waals surface area contributed by atoms with Crippen molar-refractivity contribution in [2.75, 3.05) is 19.6 Å². The van der Waals surface area contributed by atoms with Crippen LogP contribution >= 0.6 is 0 Å². The lowest BCUT2D eigenvalue weighted by Crippen LogP contribution is -2.56. The predicted octanol–water partition coefficient (Wildman–Crippen LogP) is 2.41. The largest absolute Gasteiger partial charge is 0.480 e. The molecule has 2 rings (SSSR count). The van der Waals surface area contributed by atoms with Crippen LogP contribution in [0, 0.1) is 11.3 Å². The molecule has 0 aliphatic carbocycles. The second kappa shape index (κ2) is 5.62. The third kappa shape index (κ3) is 3.25. The van der Waals surface area contributed by atoms with Gasteiger partial charge in [0.2, 0.25) is 0 Å². The lowest BCUT2D eigenvalue weighted by atomic mass is 9.83. The number of likely N-dealkylation sites (tertiary alicyclic amines) is 2. The Kier molecular flexibility index (Phi) is 4.25. The van der Waals surface area contributed by atoms with Crippen LogP contribution in [0.3, 0.4) is 0 Å². The van der Waals surface area contributed by atoms with Gasteiger partial charge in [-0.25, -0.2) is 9.59 Å². The average molecular weight is 282 g/mol. The Morgan fingerprint density at radius 1 is 1.15 bits per heavy atom. The molecule has 0 aromatic rings. The maximum absolute atomic E-state index is 12.6. The van der Waals surface area contributed by atoms with Crippen molar-refractivity contribution >= 4 is 12.0 Å². The van der Waals surface area contributed by atoms with Gasteiger partial charge in [-0.15, -0.1) is 0 Å². The molecule has 0 spiro atoms. The Bertz CT molecular complexity index is 385. The van der Waals surface area contributed by atoms with E-state index in [0.29, 0.717) is 24.3 Å². The summed E-state index contributed by atoms with van der Waals surface area (Å²) in [7, 11) is 0. The maximum Gasteiger partial charge on any atom is 0.326 e. The Morgan fingerprint density at radius 2 is 1.75 bits per heavy atom. The number of carboxylic acid groups (broad SMARTS) is 1. The van der Waals surface area contributed by atoms with E-state index in [1.807, 2.05) is 4.90 Å². The minimum atomic E-state index is -0.873. The SMILES string of the molecule is CC1CCN(C(=O)N2CCC(C)(C)CC2)C(C(=O)O)C1. The number of nitrogens with zero attached hydrogens (tertiary/aromatic N) is 2. The number of rotatable bonds is 1. The molecule has 0 aromatic carbocycles. The highest BCUT2D eigenvalue weighted by Crippen LogP contribution is 2.31. The molecule has 2 aliphatic heterocycles. The highest BCUT2D eigenvalue weighted by Gasteiger charge is 2.38. The minimum absolute atomic E-state index is 0.0835. The number of carbonyl (C=O) groups excluding carboxylic acids is 1. The summed E-state index contributed by atoms with van der Waals surface area (Å²) in [6, 6.07) is -0.735. The molecule has 0 saturated carbocycles. The van der Waals surface area contributed by atoms with E-state index < -0.39 is 12.0 Å². The van der Waals surface area contributed by atoms with Crippen molar-refractivity contribution in [3.05, 3.63) is 0 Å². The van der Waals surface area contributed by atoms with Crippen LogP contribution in [0.15, 0.2) is 0 Å². The first-order valence-electron chi connectivity index (χ1n) is 7.58. The summed E-state index contributed by atoms with van der Waals surface area (Å²) in [4.78, 5) is 27.4. The Balaban J connectivity index is 2.02. The first-order valence-corrected chi connectivity index (χ1v) is 7.58. The van der Waals surface area contributed by atoms with Crippen molar-refractivity contribution in [1.29, 1.82) is 0 Å². The highest BCUT2D eigenvalue weighted by molar-refractivity contribution is 5.83. The molecule has 0 bridgehead atoms. The van der Waals surface area contributed by atoms with E-state index in [4.69, 9.17) is 0 Å². The number of carbonyl (C=O) groups is 2. The molecule has 114 valence electrons.